The summed E-state index contributed by atoms with van der Waals surface area (Å²) in [6.07, 6.45) is 5.49. The van der Waals surface area contributed by atoms with Crippen LogP contribution in [0.5, 0.6) is 0 Å². The lowest BCUT2D eigenvalue weighted by atomic mass is 9.81. The first-order chi connectivity index (χ1) is 12.8. The van der Waals surface area contributed by atoms with Crippen LogP contribution in [0, 0.1) is 0 Å². The van der Waals surface area contributed by atoms with Gasteiger partial charge in [-0.2, -0.15) is 0 Å². The van der Waals surface area contributed by atoms with Gasteiger partial charge in [-0.15, -0.1) is 0 Å². The second-order valence-electron chi connectivity index (χ2n) is 7.45. The summed E-state index contributed by atoms with van der Waals surface area (Å²) >= 11 is 0. The first-order valence-corrected chi connectivity index (χ1v) is 9.98. The molecule has 0 radical (unpaired) electrons. The van der Waals surface area contributed by atoms with Crippen LogP contribution in [0.3, 0.4) is 0 Å². The summed E-state index contributed by atoms with van der Waals surface area (Å²) < 4.78 is 10.4. The lowest BCUT2D eigenvalue weighted by Gasteiger charge is -2.25. The molecule has 0 saturated heterocycles. The summed E-state index contributed by atoms with van der Waals surface area (Å²) in [5.74, 6) is -0.0629. The van der Waals surface area contributed by atoms with Gasteiger partial charge in [-0.3, -0.25) is 0 Å². The average molecular weight is 375 g/mol. The Bertz CT molecular complexity index is 625. The molecule has 4 heteroatoms. The minimum absolute atomic E-state index is 0.250. The van der Waals surface area contributed by atoms with E-state index in [9.17, 15) is 9.59 Å². The van der Waals surface area contributed by atoms with Gasteiger partial charge in [0.05, 0.1) is 12.2 Å². The van der Waals surface area contributed by atoms with Crippen molar-refractivity contribution in [2.75, 3.05) is 6.61 Å². The van der Waals surface area contributed by atoms with Crippen LogP contribution in [0.2, 0.25) is 0 Å². The van der Waals surface area contributed by atoms with Crippen LogP contribution < -0.4 is 0 Å². The van der Waals surface area contributed by atoms with Crippen molar-refractivity contribution in [3.05, 3.63) is 47.0 Å². The highest BCUT2D eigenvalue weighted by molar-refractivity contribution is 5.89. The molecule has 1 aromatic carbocycles. The molecule has 0 aliphatic heterocycles. The Kier molecular flexibility index (Phi) is 9.27. The number of carbonyl (C=O) groups is 2. The van der Waals surface area contributed by atoms with Gasteiger partial charge in [0, 0.05) is 6.08 Å². The van der Waals surface area contributed by atoms with E-state index in [1.54, 1.807) is 13.0 Å². The van der Waals surface area contributed by atoms with Crippen LogP contribution in [-0.4, -0.2) is 24.1 Å². The van der Waals surface area contributed by atoms with Crippen molar-refractivity contribution < 1.29 is 19.1 Å². The highest BCUT2D eigenvalue weighted by Crippen LogP contribution is 2.35. The minimum Gasteiger partial charge on any atom is -0.462 e. The topological polar surface area (TPSA) is 52.6 Å². The Morgan fingerprint density at radius 3 is 2.11 bits per heavy atom. The second kappa shape index (κ2) is 10.9. The molecular formula is C23H34O4. The molecule has 0 heterocycles. The van der Waals surface area contributed by atoms with Crippen molar-refractivity contribution >= 4 is 11.9 Å². The smallest absolute Gasteiger partial charge is 0.338 e. The van der Waals surface area contributed by atoms with Crippen molar-refractivity contribution in [3.8, 4) is 0 Å². The number of esters is 2. The van der Waals surface area contributed by atoms with E-state index in [1.165, 1.54) is 5.56 Å². The lowest BCUT2D eigenvalue weighted by Crippen LogP contribution is -2.23. The Morgan fingerprint density at radius 2 is 1.63 bits per heavy atom. The van der Waals surface area contributed by atoms with Gasteiger partial charge in [-0.25, -0.2) is 9.59 Å². The molecule has 0 atom stereocenters. The number of hydrogen-bond acceptors (Lipinski definition) is 4. The van der Waals surface area contributed by atoms with Gasteiger partial charge in [-0.05, 0) is 77.0 Å². The SMILES string of the molecule is CC.CCOC(=O)c1ccc(C2CCC(=CC(=O)OC(C)(C)C)CC2)cc1. The molecule has 27 heavy (non-hydrogen) atoms. The Balaban J connectivity index is 0.00000176. The van der Waals surface area contributed by atoms with Crippen LogP contribution in [0.4, 0.5) is 0 Å². The molecule has 1 fully saturated rings. The number of hydrogen-bond donors (Lipinski definition) is 0. The fourth-order valence-corrected chi connectivity index (χ4v) is 3.07. The molecule has 1 aromatic rings. The summed E-state index contributed by atoms with van der Waals surface area (Å²) in [7, 11) is 0. The largest absolute Gasteiger partial charge is 0.462 e. The van der Waals surface area contributed by atoms with Crippen molar-refractivity contribution in [3.63, 3.8) is 0 Å². The molecule has 1 aliphatic rings. The number of carbonyl (C=O) groups excluding carboxylic acids is 2. The molecule has 2 rings (SSSR count). The van der Waals surface area contributed by atoms with Crippen LogP contribution in [0.15, 0.2) is 35.9 Å². The van der Waals surface area contributed by atoms with E-state index in [0.29, 0.717) is 18.1 Å². The van der Waals surface area contributed by atoms with Gasteiger partial charge in [0.25, 0.3) is 0 Å². The van der Waals surface area contributed by atoms with Crippen LogP contribution >= 0.6 is 0 Å². The average Bonchev–Trinajstić information content (AvgIpc) is 2.63. The number of benzene rings is 1. The maximum Gasteiger partial charge on any atom is 0.338 e. The van der Waals surface area contributed by atoms with E-state index in [4.69, 9.17) is 9.47 Å². The van der Waals surface area contributed by atoms with Crippen LogP contribution in [-0.2, 0) is 14.3 Å². The fraction of sp³-hybridized carbons (Fsp3) is 0.565. The van der Waals surface area contributed by atoms with Crippen molar-refractivity contribution in [1.82, 2.24) is 0 Å². The summed E-state index contributed by atoms with van der Waals surface area (Å²) in [6, 6.07) is 7.69. The van der Waals surface area contributed by atoms with E-state index >= 15 is 0 Å². The first kappa shape index (κ1) is 22.9. The lowest BCUT2D eigenvalue weighted by molar-refractivity contribution is -0.148. The zero-order chi connectivity index (χ0) is 20.4. The van der Waals surface area contributed by atoms with Gasteiger partial charge < -0.3 is 9.47 Å². The zero-order valence-corrected chi connectivity index (χ0v) is 17.6. The third-order valence-electron chi connectivity index (χ3n) is 4.25. The minimum atomic E-state index is -0.452. The fourth-order valence-electron chi connectivity index (χ4n) is 3.07. The molecule has 0 N–H and O–H groups in total. The summed E-state index contributed by atoms with van der Waals surface area (Å²) in [5.41, 5.74) is 2.54. The molecule has 0 bridgehead atoms. The Hall–Kier alpha value is -2.10. The standard InChI is InChI=1S/C21H28O4.C2H6/c1-5-24-20(23)18-12-10-17(11-13-18)16-8-6-15(7-9-16)14-19(22)25-21(2,3)4;1-2/h10-14,16H,5-9H2,1-4H3;1-2H3. The van der Waals surface area contributed by atoms with E-state index in [1.807, 2.05) is 58.9 Å². The molecule has 150 valence electrons. The molecule has 1 saturated carbocycles. The summed E-state index contributed by atoms with van der Waals surface area (Å²) in [5, 5.41) is 0. The van der Waals surface area contributed by atoms with Crippen molar-refractivity contribution in [1.29, 1.82) is 0 Å². The van der Waals surface area contributed by atoms with Crippen LogP contribution in [0.25, 0.3) is 0 Å². The molecule has 0 aromatic heterocycles. The summed E-state index contributed by atoms with van der Waals surface area (Å²) in [6.45, 7) is 11.8. The van der Waals surface area contributed by atoms with Gasteiger partial charge in [0.2, 0.25) is 0 Å². The Morgan fingerprint density at radius 1 is 1.07 bits per heavy atom. The van der Waals surface area contributed by atoms with Crippen molar-refractivity contribution in [2.45, 2.75) is 78.7 Å². The quantitative estimate of drug-likeness (QED) is 0.492. The highest BCUT2D eigenvalue weighted by atomic mass is 16.6. The molecule has 1 aliphatic carbocycles. The van der Waals surface area contributed by atoms with E-state index in [-0.39, 0.29) is 11.9 Å². The van der Waals surface area contributed by atoms with E-state index in [0.717, 1.165) is 31.3 Å². The van der Waals surface area contributed by atoms with Gasteiger partial charge in [-0.1, -0.05) is 31.6 Å². The monoisotopic (exact) mass is 374 g/mol. The van der Waals surface area contributed by atoms with E-state index < -0.39 is 5.60 Å². The Labute approximate surface area is 163 Å². The third kappa shape index (κ3) is 7.98. The summed E-state index contributed by atoms with van der Waals surface area (Å²) in [4.78, 5) is 23.6. The molecular weight excluding hydrogens is 340 g/mol. The maximum atomic E-state index is 11.9. The normalized spacial score (nSPS) is 16.7. The predicted octanol–water partition coefficient (Wildman–Crippen LogP) is 5.82. The molecule has 0 unspecified atom stereocenters. The highest BCUT2D eigenvalue weighted by Gasteiger charge is 2.21. The van der Waals surface area contributed by atoms with E-state index in [2.05, 4.69) is 0 Å². The first-order valence-electron chi connectivity index (χ1n) is 9.98. The zero-order valence-electron chi connectivity index (χ0n) is 17.6. The molecule has 4 nitrogen and oxygen atoms in total. The van der Waals surface area contributed by atoms with Crippen LogP contribution in [0.1, 0.15) is 89.1 Å². The third-order valence-corrected chi connectivity index (χ3v) is 4.25. The predicted molar refractivity (Wildman–Crippen MR) is 109 cm³/mol. The second-order valence-corrected chi connectivity index (χ2v) is 7.45. The molecule has 0 amide bonds. The van der Waals surface area contributed by atoms with Gasteiger partial charge >= 0.3 is 11.9 Å². The number of allylic oxidation sites excluding steroid dienone is 1. The maximum absolute atomic E-state index is 11.9. The van der Waals surface area contributed by atoms with Crippen molar-refractivity contribution in [2.24, 2.45) is 0 Å². The van der Waals surface area contributed by atoms with Gasteiger partial charge in [0.15, 0.2) is 0 Å². The number of ether oxygens (including phenoxy) is 2. The molecule has 0 spiro atoms. The number of rotatable bonds is 4. The van der Waals surface area contributed by atoms with Gasteiger partial charge in [0.1, 0.15) is 5.60 Å².